The number of amides is 1. The first-order valence-corrected chi connectivity index (χ1v) is 13.4. The predicted molar refractivity (Wildman–Crippen MR) is 158 cm³/mol. The zero-order valence-corrected chi connectivity index (χ0v) is 23.9. The molecule has 0 saturated carbocycles. The van der Waals surface area contributed by atoms with E-state index in [0.29, 0.717) is 40.1 Å². The molecule has 220 valence electrons. The number of rotatable bonds is 7. The molecule has 0 bridgehead atoms. The molecule has 0 spiro atoms. The predicted octanol–water partition coefficient (Wildman–Crippen LogP) is 6.78. The highest BCUT2D eigenvalue weighted by Crippen LogP contribution is 2.37. The SMILES string of the molecule is Cc1ccc(NC(=O)c2ccc(C(C)C3CCNCC3)cc2C(F)(F)F)cc1Nc1nccc(-c2cncnc2)n1.Cl. The van der Waals surface area contributed by atoms with E-state index in [-0.39, 0.29) is 18.3 Å². The lowest BCUT2D eigenvalue weighted by Crippen LogP contribution is -2.30. The lowest BCUT2D eigenvalue weighted by molar-refractivity contribution is -0.138. The van der Waals surface area contributed by atoms with E-state index in [0.717, 1.165) is 37.6 Å². The van der Waals surface area contributed by atoms with Crippen LogP contribution in [0.2, 0.25) is 0 Å². The van der Waals surface area contributed by atoms with E-state index in [1.54, 1.807) is 48.9 Å². The summed E-state index contributed by atoms with van der Waals surface area (Å²) in [7, 11) is 0. The molecule has 1 fully saturated rings. The van der Waals surface area contributed by atoms with Crippen LogP contribution in [0.4, 0.5) is 30.5 Å². The van der Waals surface area contributed by atoms with Crippen molar-refractivity contribution in [2.24, 2.45) is 5.92 Å². The molecule has 5 rings (SSSR count). The molecule has 4 aromatic rings. The van der Waals surface area contributed by atoms with Crippen LogP contribution in [0.5, 0.6) is 0 Å². The Morgan fingerprint density at radius 1 is 1.05 bits per heavy atom. The number of nitrogens with one attached hydrogen (secondary N) is 3. The highest BCUT2D eigenvalue weighted by atomic mass is 35.5. The number of piperidine rings is 1. The van der Waals surface area contributed by atoms with E-state index in [1.165, 1.54) is 12.4 Å². The Bertz CT molecular complexity index is 1530. The van der Waals surface area contributed by atoms with Gasteiger partial charge in [-0.2, -0.15) is 13.2 Å². The summed E-state index contributed by atoms with van der Waals surface area (Å²) in [6.45, 7) is 5.52. The Hall–Kier alpha value is -4.09. The van der Waals surface area contributed by atoms with Gasteiger partial charge in [0.05, 0.1) is 16.8 Å². The summed E-state index contributed by atoms with van der Waals surface area (Å²) in [5, 5.41) is 9.04. The number of nitrogens with zero attached hydrogens (tertiary/aromatic N) is 4. The van der Waals surface area contributed by atoms with Gasteiger partial charge in [-0.1, -0.05) is 19.1 Å². The lowest BCUT2D eigenvalue weighted by Gasteiger charge is -2.29. The number of carbonyl (C=O) groups excluding carboxylic acids is 1. The van der Waals surface area contributed by atoms with Gasteiger partial charge in [0, 0.05) is 35.5 Å². The van der Waals surface area contributed by atoms with E-state index in [9.17, 15) is 18.0 Å². The van der Waals surface area contributed by atoms with Gasteiger partial charge in [0.1, 0.15) is 6.33 Å². The molecule has 1 saturated heterocycles. The molecule has 2 aromatic heterocycles. The van der Waals surface area contributed by atoms with Crippen molar-refractivity contribution in [2.75, 3.05) is 23.7 Å². The van der Waals surface area contributed by atoms with Crippen LogP contribution in [-0.2, 0) is 6.18 Å². The zero-order valence-electron chi connectivity index (χ0n) is 23.1. The second kappa shape index (κ2) is 13.3. The van der Waals surface area contributed by atoms with E-state index < -0.39 is 23.2 Å². The molecule has 1 aliphatic rings. The fourth-order valence-electron chi connectivity index (χ4n) is 5.06. The second-order valence-electron chi connectivity index (χ2n) is 10.2. The third kappa shape index (κ3) is 7.21. The lowest BCUT2D eigenvalue weighted by atomic mass is 9.81. The number of carbonyl (C=O) groups is 1. The Balaban J connectivity index is 0.00000405. The fraction of sp³-hybridized carbons (Fsp3) is 0.300. The third-order valence-electron chi connectivity index (χ3n) is 7.46. The highest BCUT2D eigenvalue weighted by Gasteiger charge is 2.36. The maximum Gasteiger partial charge on any atom is 0.417 e. The Kier molecular flexibility index (Phi) is 9.74. The van der Waals surface area contributed by atoms with Gasteiger partial charge in [-0.25, -0.2) is 19.9 Å². The molecule has 1 aliphatic heterocycles. The molecule has 8 nitrogen and oxygen atoms in total. The van der Waals surface area contributed by atoms with E-state index in [2.05, 4.69) is 35.9 Å². The van der Waals surface area contributed by atoms with Crippen molar-refractivity contribution >= 4 is 35.6 Å². The minimum absolute atomic E-state index is 0. The Labute approximate surface area is 248 Å². The van der Waals surface area contributed by atoms with Crippen LogP contribution in [0.25, 0.3) is 11.3 Å². The van der Waals surface area contributed by atoms with Crippen molar-refractivity contribution in [3.63, 3.8) is 0 Å². The maximum absolute atomic E-state index is 14.1. The summed E-state index contributed by atoms with van der Waals surface area (Å²) in [5.74, 6) is -0.288. The Morgan fingerprint density at radius 3 is 2.50 bits per heavy atom. The molecule has 2 aromatic carbocycles. The largest absolute Gasteiger partial charge is 0.417 e. The normalized spacial score (nSPS) is 14.5. The first kappa shape index (κ1) is 30.9. The minimum Gasteiger partial charge on any atom is -0.324 e. The molecule has 1 amide bonds. The number of benzene rings is 2. The van der Waals surface area contributed by atoms with Gasteiger partial charge in [0.15, 0.2) is 0 Å². The van der Waals surface area contributed by atoms with Crippen LogP contribution in [0.1, 0.15) is 52.7 Å². The molecular formula is C30H31ClF3N7O. The fourth-order valence-corrected chi connectivity index (χ4v) is 5.06. The summed E-state index contributed by atoms with van der Waals surface area (Å²) in [6, 6.07) is 10.8. The average molecular weight is 598 g/mol. The maximum atomic E-state index is 14.1. The molecule has 12 heteroatoms. The van der Waals surface area contributed by atoms with Crippen molar-refractivity contribution in [3.05, 3.63) is 89.6 Å². The van der Waals surface area contributed by atoms with Gasteiger partial charge >= 0.3 is 6.18 Å². The van der Waals surface area contributed by atoms with Gasteiger partial charge < -0.3 is 16.0 Å². The third-order valence-corrected chi connectivity index (χ3v) is 7.46. The number of halogens is 4. The number of aryl methyl sites for hydroxylation is 1. The molecule has 42 heavy (non-hydrogen) atoms. The standard InChI is InChI=1S/C30H30F3N7O.ClH/c1-18-3-5-23(14-27(18)40-29-37-12-9-26(39-29)22-15-35-17-36-16-22)38-28(41)24-6-4-21(13-25(24)30(31,32)33)19(2)20-7-10-34-11-8-20;/h3-6,9,12-17,19-20,34H,7-8,10-11H2,1-2H3,(H,38,41)(H,37,39,40);1H. The van der Waals surface area contributed by atoms with Crippen LogP contribution in [0.3, 0.4) is 0 Å². The monoisotopic (exact) mass is 597 g/mol. The smallest absolute Gasteiger partial charge is 0.324 e. The molecule has 1 atom stereocenters. The first-order chi connectivity index (χ1) is 19.7. The van der Waals surface area contributed by atoms with Crippen molar-refractivity contribution in [2.45, 2.75) is 38.8 Å². The van der Waals surface area contributed by atoms with Crippen LogP contribution in [0, 0.1) is 12.8 Å². The topological polar surface area (TPSA) is 105 Å². The van der Waals surface area contributed by atoms with E-state index in [1.807, 2.05) is 13.8 Å². The second-order valence-corrected chi connectivity index (χ2v) is 10.2. The van der Waals surface area contributed by atoms with E-state index >= 15 is 0 Å². The van der Waals surface area contributed by atoms with Crippen molar-refractivity contribution in [1.82, 2.24) is 25.3 Å². The number of alkyl halides is 3. The first-order valence-electron chi connectivity index (χ1n) is 13.4. The zero-order chi connectivity index (χ0) is 29.0. The summed E-state index contributed by atoms with van der Waals surface area (Å²) in [5.41, 5.74) is 2.31. The summed E-state index contributed by atoms with van der Waals surface area (Å²) in [6.07, 6.45) is 3.42. The van der Waals surface area contributed by atoms with Gasteiger partial charge in [0.25, 0.3) is 5.91 Å². The summed E-state index contributed by atoms with van der Waals surface area (Å²) < 4.78 is 42.4. The van der Waals surface area contributed by atoms with E-state index in [4.69, 9.17) is 0 Å². The van der Waals surface area contributed by atoms with Crippen LogP contribution < -0.4 is 16.0 Å². The average Bonchev–Trinajstić information content (AvgIpc) is 2.99. The molecule has 1 unspecified atom stereocenters. The number of anilines is 3. The van der Waals surface area contributed by atoms with Gasteiger partial charge in [-0.05, 0) is 86.1 Å². The van der Waals surface area contributed by atoms with Crippen molar-refractivity contribution in [1.29, 1.82) is 0 Å². The molecule has 0 aliphatic carbocycles. The summed E-state index contributed by atoms with van der Waals surface area (Å²) in [4.78, 5) is 29.9. The van der Waals surface area contributed by atoms with Crippen molar-refractivity contribution < 1.29 is 18.0 Å². The van der Waals surface area contributed by atoms with Crippen LogP contribution >= 0.6 is 12.4 Å². The quantitative estimate of drug-likeness (QED) is 0.216. The Morgan fingerprint density at radius 2 is 1.79 bits per heavy atom. The number of hydrogen-bond acceptors (Lipinski definition) is 7. The highest BCUT2D eigenvalue weighted by molar-refractivity contribution is 6.05. The molecular weight excluding hydrogens is 567 g/mol. The molecule has 0 radical (unpaired) electrons. The molecule has 3 heterocycles. The molecule has 3 N–H and O–H groups in total. The van der Waals surface area contributed by atoms with Crippen molar-refractivity contribution in [3.8, 4) is 11.3 Å². The number of hydrogen-bond donors (Lipinski definition) is 3. The van der Waals surface area contributed by atoms with Crippen LogP contribution in [0.15, 0.2) is 67.4 Å². The summed E-state index contributed by atoms with van der Waals surface area (Å²) >= 11 is 0. The minimum atomic E-state index is -4.68. The van der Waals surface area contributed by atoms with Gasteiger partial charge in [-0.15, -0.1) is 12.4 Å². The van der Waals surface area contributed by atoms with Crippen LogP contribution in [-0.4, -0.2) is 38.9 Å². The van der Waals surface area contributed by atoms with Gasteiger partial charge in [0.2, 0.25) is 5.95 Å². The van der Waals surface area contributed by atoms with Gasteiger partial charge in [-0.3, -0.25) is 4.79 Å². The number of aromatic nitrogens is 4.